The molecule has 0 aromatic carbocycles. The third-order valence-corrected chi connectivity index (χ3v) is 3.05. The third-order valence-electron chi connectivity index (χ3n) is 3.05. The van der Waals surface area contributed by atoms with E-state index in [9.17, 15) is 4.79 Å². The van der Waals surface area contributed by atoms with Gasteiger partial charge in [-0.3, -0.25) is 9.78 Å². The topological polar surface area (TPSA) is 59.2 Å². The molecule has 100 valence electrons. The molecule has 18 heavy (non-hydrogen) atoms. The van der Waals surface area contributed by atoms with Crippen LogP contribution in [0.25, 0.3) is 0 Å². The van der Waals surface area contributed by atoms with Crippen molar-refractivity contribution in [3.8, 4) is 0 Å². The zero-order valence-electron chi connectivity index (χ0n) is 11.3. The van der Waals surface area contributed by atoms with Crippen LogP contribution in [0.3, 0.4) is 0 Å². The van der Waals surface area contributed by atoms with Crippen LogP contribution in [-0.4, -0.2) is 35.4 Å². The summed E-state index contributed by atoms with van der Waals surface area (Å²) in [5.74, 6) is 0.0394. The number of carbonyl (C=O) groups excluding carboxylic acids is 1. The Morgan fingerprint density at radius 2 is 2.11 bits per heavy atom. The Bertz CT molecular complexity index is 353. The summed E-state index contributed by atoms with van der Waals surface area (Å²) in [7, 11) is 1.81. The molecule has 1 aromatic heterocycles. The highest BCUT2D eigenvalue weighted by atomic mass is 16.2. The van der Waals surface area contributed by atoms with E-state index in [0.717, 1.165) is 25.7 Å². The van der Waals surface area contributed by atoms with Crippen LogP contribution >= 0.6 is 0 Å². The average Bonchev–Trinajstić information content (AvgIpc) is 2.42. The van der Waals surface area contributed by atoms with E-state index in [4.69, 9.17) is 5.73 Å². The Labute approximate surface area is 109 Å². The van der Waals surface area contributed by atoms with Crippen LogP contribution in [0, 0.1) is 0 Å². The Morgan fingerprint density at radius 3 is 2.72 bits per heavy atom. The molecule has 1 heterocycles. The van der Waals surface area contributed by atoms with E-state index in [1.165, 1.54) is 5.56 Å². The molecule has 1 aromatic rings. The molecule has 1 rings (SSSR count). The van der Waals surface area contributed by atoms with E-state index >= 15 is 0 Å². The molecule has 0 saturated carbocycles. The maximum absolute atomic E-state index is 12.0. The number of carbonyl (C=O) groups is 1. The predicted octanol–water partition coefficient (Wildman–Crippen LogP) is 1.60. The van der Waals surface area contributed by atoms with Crippen molar-refractivity contribution in [3.05, 3.63) is 30.1 Å². The van der Waals surface area contributed by atoms with Gasteiger partial charge in [-0.25, -0.2) is 0 Å². The lowest BCUT2D eigenvalue weighted by atomic mass is 10.1. The molecular formula is C14H23N3O. The first-order valence-electron chi connectivity index (χ1n) is 6.54. The minimum absolute atomic E-state index is 0.0394. The quantitative estimate of drug-likeness (QED) is 0.798. The van der Waals surface area contributed by atoms with Crippen LogP contribution in [-0.2, 0) is 11.2 Å². The maximum Gasteiger partial charge on any atom is 0.239 e. The molecule has 0 bridgehead atoms. The van der Waals surface area contributed by atoms with Crippen molar-refractivity contribution in [2.24, 2.45) is 5.73 Å². The first-order chi connectivity index (χ1) is 8.65. The van der Waals surface area contributed by atoms with Crippen molar-refractivity contribution in [1.82, 2.24) is 9.88 Å². The van der Waals surface area contributed by atoms with Crippen LogP contribution in [0.5, 0.6) is 0 Å². The Morgan fingerprint density at radius 1 is 1.44 bits per heavy atom. The zero-order chi connectivity index (χ0) is 13.4. The molecule has 0 aliphatic rings. The largest absolute Gasteiger partial charge is 0.344 e. The normalized spacial score (nSPS) is 12.2. The smallest absolute Gasteiger partial charge is 0.239 e. The van der Waals surface area contributed by atoms with E-state index in [1.54, 1.807) is 17.3 Å². The number of likely N-dealkylation sites (N-methyl/N-ethyl adjacent to an activating group) is 1. The van der Waals surface area contributed by atoms with Gasteiger partial charge in [0.2, 0.25) is 5.91 Å². The molecule has 1 amide bonds. The Hall–Kier alpha value is -1.42. The van der Waals surface area contributed by atoms with Gasteiger partial charge < -0.3 is 10.6 Å². The minimum Gasteiger partial charge on any atom is -0.344 e. The molecule has 0 unspecified atom stereocenters. The van der Waals surface area contributed by atoms with E-state index in [-0.39, 0.29) is 11.9 Å². The first-order valence-corrected chi connectivity index (χ1v) is 6.54. The highest BCUT2D eigenvalue weighted by Gasteiger charge is 2.16. The lowest BCUT2D eigenvalue weighted by Crippen LogP contribution is -2.42. The van der Waals surface area contributed by atoms with Gasteiger partial charge in [-0.2, -0.15) is 0 Å². The number of nitrogens with zero attached hydrogens (tertiary/aromatic N) is 2. The fourth-order valence-corrected chi connectivity index (χ4v) is 1.79. The monoisotopic (exact) mass is 249 g/mol. The number of hydrogen-bond donors (Lipinski definition) is 1. The fourth-order valence-electron chi connectivity index (χ4n) is 1.79. The Balaban J connectivity index is 2.35. The number of amides is 1. The summed E-state index contributed by atoms with van der Waals surface area (Å²) in [6.45, 7) is 2.80. The molecule has 1 atom stereocenters. The number of unbranched alkanes of at least 4 members (excludes halogenated alkanes) is 1. The fraction of sp³-hybridized carbons (Fsp3) is 0.571. The van der Waals surface area contributed by atoms with Crippen molar-refractivity contribution in [2.75, 3.05) is 13.6 Å². The average molecular weight is 249 g/mol. The summed E-state index contributed by atoms with van der Waals surface area (Å²) < 4.78 is 0. The molecule has 4 heteroatoms. The van der Waals surface area contributed by atoms with Gasteiger partial charge >= 0.3 is 0 Å². The zero-order valence-corrected chi connectivity index (χ0v) is 11.3. The summed E-state index contributed by atoms with van der Waals surface area (Å²) in [5.41, 5.74) is 7.06. The number of rotatable bonds is 7. The van der Waals surface area contributed by atoms with Crippen molar-refractivity contribution >= 4 is 5.91 Å². The highest BCUT2D eigenvalue weighted by Crippen LogP contribution is 2.03. The third kappa shape index (κ3) is 4.84. The molecule has 4 nitrogen and oxygen atoms in total. The second kappa shape index (κ2) is 7.82. The second-order valence-corrected chi connectivity index (χ2v) is 4.61. The SMILES string of the molecule is CCCC[C@H](N)C(=O)N(C)CCc1ccncc1. The summed E-state index contributed by atoms with van der Waals surface area (Å²) in [6.07, 6.45) is 7.22. The van der Waals surface area contributed by atoms with Gasteiger partial charge in [0.1, 0.15) is 0 Å². The van der Waals surface area contributed by atoms with Gasteiger partial charge in [0.15, 0.2) is 0 Å². The molecule has 0 radical (unpaired) electrons. The predicted molar refractivity (Wildman–Crippen MR) is 73.1 cm³/mol. The maximum atomic E-state index is 12.0. The van der Waals surface area contributed by atoms with Crippen LogP contribution in [0.1, 0.15) is 31.7 Å². The van der Waals surface area contributed by atoms with Crippen molar-refractivity contribution in [2.45, 2.75) is 38.6 Å². The summed E-state index contributed by atoms with van der Waals surface area (Å²) in [6, 6.07) is 3.58. The number of nitrogens with two attached hydrogens (primary N) is 1. The van der Waals surface area contributed by atoms with Gasteiger partial charge in [0, 0.05) is 26.0 Å². The van der Waals surface area contributed by atoms with Crippen molar-refractivity contribution < 1.29 is 4.79 Å². The second-order valence-electron chi connectivity index (χ2n) is 4.61. The van der Waals surface area contributed by atoms with Gasteiger partial charge in [-0.15, -0.1) is 0 Å². The lowest BCUT2D eigenvalue weighted by molar-refractivity contribution is -0.131. The lowest BCUT2D eigenvalue weighted by Gasteiger charge is -2.21. The summed E-state index contributed by atoms with van der Waals surface area (Å²) in [4.78, 5) is 17.7. The molecule has 0 spiro atoms. The van der Waals surface area contributed by atoms with E-state index in [0.29, 0.717) is 6.54 Å². The van der Waals surface area contributed by atoms with Crippen LogP contribution in [0.2, 0.25) is 0 Å². The highest BCUT2D eigenvalue weighted by molar-refractivity contribution is 5.81. The summed E-state index contributed by atoms with van der Waals surface area (Å²) in [5, 5.41) is 0. The van der Waals surface area contributed by atoms with Crippen LogP contribution in [0.15, 0.2) is 24.5 Å². The van der Waals surface area contributed by atoms with E-state index < -0.39 is 0 Å². The van der Waals surface area contributed by atoms with E-state index in [1.807, 2.05) is 19.2 Å². The minimum atomic E-state index is -0.354. The van der Waals surface area contributed by atoms with Crippen molar-refractivity contribution in [1.29, 1.82) is 0 Å². The van der Waals surface area contributed by atoms with Crippen LogP contribution in [0.4, 0.5) is 0 Å². The Kier molecular flexibility index (Phi) is 6.36. The van der Waals surface area contributed by atoms with Gasteiger partial charge in [0.25, 0.3) is 0 Å². The molecule has 0 saturated heterocycles. The number of hydrogen-bond acceptors (Lipinski definition) is 3. The van der Waals surface area contributed by atoms with Crippen molar-refractivity contribution in [3.63, 3.8) is 0 Å². The molecule has 2 N–H and O–H groups in total. The number of aromatic nitrogens is 1. The van der Waals surface area contributed by atoms with E-state index in [2.05, 4.69) is 11.9 Å². The van der Waals surface area contributed by atoms with Gasteiger partial charge in [-0.05, 0) is 30.5 Å². The first kappa shape index (κ1) is 14.6. The van der Waals surface area contributed by atoms with Gasteiger partial charge in [-0.1, -0.05) is 19.8 Å². The molecule has 0 aliphatic heterocycles. The van der Waals surface area contributed by atoms with Crippen LogP contribution < -0.4 is 5.73 Å². The van der Waals surface area contributed by atoms with Gasteiger partial charge in [0.05, 0.1) is 6.04 Å². The molecule has 0 aliphatic carbocycles. The molecular weight excluding hydrogens is 226 g/mol. The standard InChI is InChI=1S/C14H23N3O/c1-3-4-5-13(15)14(18)17(2)11-8-12-6-9-16-10-7-12/h6-7,9-10,13H,3-5,8,11,15H2,1-2H3/t13-/m0/s1. The number of pyridine rings is 1. The summed E-state index contributed by atoms with van der Waals surface area (Å²) >= 11 is 0. The molecule has 0 fully saturated rings.